The van der Waals surface area contributed by atoms with Crippen LogP contribution in [0.3, 0.4) is 0 Å². The number of hydrogen-bond donors (Lipinski definition) is 1. The number of thiophene rings is 1. The second-order valence-electron chi connectivity index (χ2n) is 7.66. The average molecular weight is 499 g/mol. The van der Waals surface area contributed by atoms with Crippen LogP contribution in [0.4, 0.5) is 0 Å². The number of halogens is 1. The van der Waals surface area contributed by atoms with Crippen LogP contribution in [-0.4, -0.2) is 57.6 Å². The maximum absolute atomic E-state index is 12.8. The number of likely N-dealkylation sites (N-methyl/N-ethyl adjacent to an activating group) is 1. The van der Waals surface area contributed by atoms with Gasteiger partial charge in [-0.1, -0.05) is 16.8 Å². The SMILES string of the molecule is CN(C)CCOc1cccn(-c2ccc(-n3cc(CNC(=O)c4ccc(Cl)s4)nn3)cc2)c1=O. The molecule has 0 unspecified atom stereocenters. The zero-order valence-corrected chi connectivity index (χ0v) is 20.2. The zero-order chi connectivity index (χ0) is 24.1. The Morgan fingerprint density at radius 2 is 1.91 bits per heavy atom. The lowest BCUT2D eigenvalue weighted by atomic mass is 10.2. The van der Waals surface area contributed by atoms with Crippen LogP contribution in [0.25, 0.3) is 11.4 Å². The lowest BCUT2D eigenvalue weighted by molar-refractivity contribution is 0.0954. The van der Waals surface area contributed by atoms with Crippen molar-refractivity contribution in [3.63, 3.8) is 0 Å². The molecule has 0 fully saturated rings. The molecule has 3 aromatic heterocycles. The van der Waals surface area contributed by atoms with Gasteiger partial charge in [0.05, 0.1) is 27.6 Å². The molecule has 1 N–H and O–H groups in total. The monoisotopic (exact) mass is 498 g/mol. The number of benzene rings is 1. The molecule has 3 heterocycles. The van der Waals surface area contributed by atoms with Crippen molar-refractivity contribution in [3.8, 4) is 17.1 Å². The van der Waals surface area contributed by atoms with Gasteiger partial charge in [0.1, 0.15) is 12.3 Å². The summed E-state index contributed by atoms with van der Waals surface area (Å²) in [6.45, 7) is 1.39. The Kier molecular flexibility index (Phi) is 7.41. The quantitative estimate of drug-likeness (QED) is 0.381. The lowest BCUT2D eigenvalue weighted by Gasteiger charge is -2.12. The van der Waals surface area contributed by atoms with Gasteiger partial charge in [0, 0.05) is 18.4 Å². The number of rotatable bonds is 9. The molecule has 4 rings (SSSR count). The van der Waals surface area contributed by atoms with Crippen molar-refractivity contribution in [3.05, 3.63) is 86.2 Å². The van der Waals surface area contributed by atoms with Gasteiger partial charge in [0.25, 0.3) is 11.5 Å². The van der Waals surface area contributed by atoms with Gasteiger partial charge < -0.3 is 15.0 Å². The highest BCUT2D eigenvalue weighted by molar-refractivity contribution is 7.17. The lowest BCUT2D eigenvalue weighted by Crippen LogP contribution is -2.24. The number of amides is 1. The minimum absolute atomic E-state index is 0.214. The maximum atomic E-state index is 12.8. The fourth-order valence-electron chi connectivity index (χ4n) is 3.09. The minimum Gasteiger partial charge on any atom is -0.487 e. The van der Waals surface area contributed by atoms with E-state index in [1.165, 1.54) is 15.9 Å². The van der Waals surface area contributed by atoms with Gasteiger partial charge in [-0.05, 0) is 62.6 Å². The van der Waals surface area contributed by atoms with Crippen molar-refractivity contribution in [2.24, 2.45) is 0 Å². The number of ether oxygens (including phenoxy) is 1. The number of carbonyl (C=O) groups excluding carboxylic acids is 1. The van der Waals surface area contributed by atoms with Crippen LogP contribution in [0.2, 0.25) is 4.34 Å². The zero-order valence-electron chi connectivity index (χ0n) is 18.6. The molecule has 0 bridgehead atoms. The number of pyridine rings is 1. The molecule has 34 heavy (non-hydrogen) atoms. The Bertz CT molecular complexity index is 1330. The van der Waals surface area contributed by atoms with Crippen LogP contribution in [-0.2, 0) is 6.54 Å². The van der Waals surface area contributed by atoms with Crippen molar-refractivity contribution in [2.45, 2.75) is 6.54 Å². The summed E-state index contributed by atoms with van der Waals surface area (Å²) < 4.78 is 9.35. The van der Waals surface area contributed by atoms with Gasteiger partial charge >= 0.3 is 0 Å². The first kappa shape index (κ1) is 23.7. The summed E-state index contributed by atoms with van der Waals surface area (Å²) in [5, 5.41) is 11.0. The first-order valence-electron chi connectivity index (χ1n) is 10.5. The second-order valence-corrected chi connectivity index (χ2v) is 9.37. The highest BCUT2D eigenvalue weighted by Gasteiger charge is 2.11. The molecule has 0 aliphatic carbocycles. The Hall–Kier alpha value is -3.47. The summed E-state index contributed by atoms with van der Waals surface area (Å²) in [4.78, 5) is 27.5. The summed E-state index contributed by atoms with van der Waals surface area (Å²) in [5.74, 6) is 0.0929. The molecular formula is C23H23ClN6O3S. The number of carbonyl (C=O) groups is 1. The predicted molar refractivity (Wildman–Crippen MR) is 132 cm³/mol. The van der Waals surface area contributed by atoms with Crippen LogP contribution in [0.15, 0.2) is 65.7 Å². The first-order chi connectivity index (χ1) is 16.4. The highest BCUT2D eigenvalue weighted by Crippen LogP contribution is 2.21. The van der Waals surface area contributed by atoms with E-state index >= 15 is 0 Å². The number of aromatic nitrogens is 4. The van der Waals surface area contributed by atoms with Gasteiger partial charge in [0.2, 0.25) is 0 Å². The Morgan fingerprint density at radius 1 is 1.15 bits per heavy atom. The van der Waals surface area contributed by atoms with E-state index in [1.54, 1.807) is 41.3 Å². The minimum atomic E-state index is -0.222. The summed E-state index contributed by atoms with van der Waals surface area (Å²) >= 11 is 7.09. The van der Waals surface area contributed by atoms with Crippen LogP contribution < -0.4 is 15.6 Å². The average Bonchev–Trinajstić information content (AvgIpc) is 3.48. The predicted octanol–water partition coefficient (Wildman–Crippen LogP) is 3.00. The molecule has 176 valence electrons. The molecule has 0 aliphatic rings. The standard InChI is InChI=1S/C23H23ClN6O3S/c1-28(2)12-13-33-19-4-3-11-29(23(19)32)17-5-7-18(8-6-17)30-15-16(26-27-30)14-25-22(31)20-9-10-21(24)34-20/h3-11,15H,12-14H2,1-2H3,(H,25,31). The summed E-state index contributed by atoms with van der Waals surface area (Å²) in [5.41, 5.74) is 1.86. The van der Waals surface area contributed by atoms with Crippen molar-refractivity contribution in [1.29, 1.82) is 0 Å². The third-order valence-corrected chi connectivity index (χ3v) is 6.10. The van der Waals surface area contributed by atoms with Crippen molar-refractivity contribution < 1.29 is 9.53 Å². The van der Waals surface area contributed by atoms with E-state index in [1.807, 2.05) is 43.3 Å². The van der Waals surface area contributed by atoms with Gasteiger partial charge in [-0.25, -0.2) is 4.68 Å². The molecular weight excluding hydrogens is 476 g/mol. The molecule has 0 aliphatic heterocycles. The Morgan fingerprint density at radius 3 is 2.62 bits per heavy atom. The third kappa shape index (κ3) is 5.71. The smallest absolute Gasteiger partial charge is 0.297 e. The molecule has 0 saturated heterocycles. The number of hydrogen-bond acceptors (Lipinski definition) is 7. The maximum Gasteiger partial charge on any atom is 0.297 e. The van der Waals surface area contributed by atoms with Gasteiger partial charge in [-0.2, -0.15) is 0 Å². The molecule has 0 radical (unpaired) electrons. The van der Waals surface area contributed by atoms with E-state index < -0.39 is 0 Å². The van der Waals surface area contributed by atoms with E-state index in [0.717, 1.165) is 12.2 Å². The van der Waals surface area contributed by atoms with E-state index in [9.17, 15) is 9.59 Å². The Balaban J connectivity index is 1.42. The molecule has 1 aromatic carbocycles. The topological polar surface area (TPSA) is 94.3 Å². The normalized spacial score (nSPS) is 11.1. The fraction of sp³-hybridized carbons (Fsp3) is 0.217. The van der Waals surface area contributed by atoms with Crippen molar-refractivity contribution in [1.82, 2.24) is 29.8 Å². The van der Waals surface area contributed by atoms with Gasteiger partial charge in [0.15, 0.2) is 5.75 Å². The highest BCUT2D eigenvalue weighted by atomic mass is 35.5. The van der Waals surface area contributed by atoms with E-state index in [-0.39, 0.29) is 18.0 Å². The molecule has 0 spiro atoms. The summed E-state index contributed by atoms with van der Waals surface area (Å²) in [6, 6.07) is 14.1. The summed E-state index contributed by atoms with van der Waals surface area (Å²) in [7, 11) is 3.90. The van der Waals surface area contributed by atoms with Crippen LogP contribution in [0.5, 0.6) is 5.75 Å². The molecule has 1 amide bonds. The number of nitrogens with one attached hydrogen (secondary N) is 1. The van der Waals surface area contributed by atoms with E-state index in [4.69, 9.17) is 16.3 Å². The largest absolute Gasteiger partial charge is 0.487 e. The Labute approximate surface area is 205 Å². The van der Waals surface area contributed by atoms with Crippen LogP contribution in [0, 0.1) is 0 Å². The number of nitrogens with zero attached hydrogens (tertiary/aromatic N) is 5. The molecule has 9 nitrogen and oxygen atoms in total. The van der Waals surface area contributed by atoms with Gasteiger partial charge in [-0.3, -0.25) is 14.2 Å². The van der Waals surface area contributed by atoms with Crippen molar-refractivity contribution >= 4 is 28.8 Å². The summed E-state index contributed by atoms with van der Waals surface area (Å²) in [6.07, 6.45) is 3.44. The van der Waals surface area contributed by atoms with E-state index in [2.05, 4.69) is 15.6 Å². The third-order valence-electron chi connectivity index (χ3n) is 4.87. The van der Waals surface area contributed by atoms with Gasteiger partial charge in [-0.15, -0.1) is 16.4 Å². The van der Waals surface area contributed by atoms with Crippen LogP contribution in [0.1, 0.15) is 15.4 Å². The fourth-order valence-corrected chi connectivity index (χ4v) is 4.05. The molecule has 0 atom stereocenters. The second kappa shape index (κ2) is 10.6. The van der Waals surface area contributed by atoms with E-state index in [0.29, 0.717) is 33.0 Å². The molecule has 11 heteroatoms. The molecule has 0 saturated carbocycles. The van der Waals surface area contributed by atoms with Crippen molar-refractivity contribution in [2.75, 3.05) is 27.2 Å². The molecule has 4 aromatic rings. The van der Waals surface area contributed by atoms with Crippen LogP contribution >= 0.6 is 22.9 Å². The first-order valence-corrected chi connectivity index (χ1v) is 11.6.